The highest BCUT2D eigenvalue weighted by molar-refractivity contribution is 6.30. The number of fused-ring (bicyclic) bond motifs is 1. The second-order valence-corrected chi connectivity index (χ2v) is 5.41. The lowest BCUT2D eigenvalue weighted by molar-refractivity contribution is -0.0905. The Labute approximate surface area is 125 Å². The van der Waals surface area contributed by atoms with Gasteiger partial charge in [0.05, 0.1) is 13.2 Å². The number of aliphatic hydroxyl groups is 3. The van der Waals surface area contributed by atoms with Crippen LogP contribution < -0.4 is 4.74 Å². The molecule has 0 saturated carbocycles. The topological polar surface area (TPSA) is 99.5 Å². The van der Waals surface area contributed by atoms with E-state index in [0.29, 0.717) is 16.3 Å². The molecule has 7 nitrogen and oxygen atoms in total. The summed E-state index contributed by atoms with van der Waals surface area (Å²) in [5, 5.41) is 29.3. The van der Waals surface area contributed by atoms with Crippen LogP contribution in [0.5, 0.6) is 5.75 Å². The quantitative estimate of drug-likeness (QED) is 0.715. The summed E-state index contributed by atoms with van der Waals surface area (Å²) in [5.74, 6) is 0.396. The molecule has 1 aromatic rings. The first-order valence-corrected chi connectivity index (χ1v) is 6.78. The standard InChI is InChI=1S/C13H14ClNO6/c14-7-1-2-8-6(3-7)4-15(13(19)21-8)12-11(18)10(17)9(5-16)20-12/h1-3,9-12,16-18H,4-5H2/t9-,10-,11-,12-/m1/s1. The van der Waals surface area contributed by atoms with Crippen molar-refractivity contribution in [2.75, 3.05) is 6.61 Å². The summed E-state index contributed by atoms with van der Waals surface area (Å²) >= 11 is 5.91. The molecule has 2 aliphatic rings. The first kappa shape index (κ1) is 14.6. The first-order chi connectivity index (χ1) is 10.0. The van der Waals surface area contributed by atoms with Crippen molar-refractivity contribution >= 4 is 17.7 Å². The molecule has 0 radical (unpaired) electrons. The molecule has 1 aromatic carbocycles. The Hall–Kier alpha value is -1.38. The van der Waals surface area contributed by atoms with Crippen LogP contribution in [0, 0.1) is 0 Å². The molecular formula is C13H14ClNO6. The van der Waals surface area contributed by atoms with Crippen LogP contribution >= 0.6 is 11.6 Å². The van der Waals surface area contributed by atoms with Gasteiger partial charge in [-0.15, -0.1) is 0 Å². The lowest BCUT2D eigenvalue weighted by Crippen LogP contribution is -2.49. The number of amides is 1. The molecule has 0 spiro atoms. The Morgan fingerprint density at radius 3 is 2.76 bits per heavy atom. The second kappa shape index (κ2) is 5.43. The van der Waals surface area contributed by atoms with Crippen LogP contribution in [0.1, 0.15) is 5.56 Å². The number of hydrogen-bond donors (Lipinski definition) is 3. The minimum Gasteiger partial charge on any atom is -0.410 e. The summed E-state index contributed by atoms with van der Waals surface area (Å²) in [7, 11) is 0. The molecule has 1 saturated heterocycles. The molecule has 2 aliphatic heterocycles. The molecule has 114 valence electrons. The maximum atomic E-state index is 12.0. The average Bonchev–Trinajstić information content (AvgIpc) is 2.75. The van der Waals surface area contributed by atoms with E-state index in [1.165, 1.54) is 0 Å². The van der Waals surface area contributed by atoms with E-state index in [-0.39, 0.29) is 6.54 Å². The molecule has 0 aliphatic carbocycles. The van der Waals surface area contributed by atoms with Gasteiger partial charge in [0.25, 0.3) is 0 Å². The second-order valence-electron chi connectivity index (χ2n) is 4.98. The molecule has 3 N–H and O–H groups in total. The number of aliphatic hydroxyl groups excluding tert-OH is 3. The van der Waals surface area contributed by atoms with Crippen molar-refractivity contribution in [2.24, 2.45) is 0 Å². The van der Waals surface area contributed by atoms with Crippen LogP contribution in [0.4, 0.5) is 4.79 Å². The fourth-order valence-corrected chi connectivity index (χ4v) is 2.70. The smallest absolute Gasteiger partial charge is 0.410 e. The van der Waals surface area contributed by atoms with Crippen LogP contribution in [0.2, 0.25) is 5.02 Å². The third kappa shape index (κ3) is 2.47. The van der Waals surface area contributed by atoms with Gasteiger partial charge in [-0.1, -0.05) is 11.6 Å². The molecule has 4 atom stereocenters. The summed E-state index contributed by atoms with van der Waals surface area (Å²) < 4.78 is 10.5. The molecule has 3 rings (SSSR count). The zero-order valence-electron chi connectivity index (χ0n) is 10.8. The van der Waals surface area contributed by atoms with E-state index < -0.39 is 37.2 Å². The number of halogens is 1. The molecule has 2 heterocycles. The van der Waals surface area contributed by atoms with Gasteiger partial charge >= 0.3 is 6.09 Å². The third-order valence-electron chi connectivity index (χ3n) is 3.62. The van der Waals surface area contributed by atoms with Gasteiger partial charge in [-0.3, -0.25) is 4.90 Å². The average molecular weight is 316 g/mol. The van der Waals surface area contributed by atoms with E-state index in [1.807, 2.05) is 0 Å². The monoisotopic (exact) mass is 315 g/mol. The Balaban J connectivity index is 1.85. The van der Waals surface area contributed by atoms with Crippen molar-refractivity contribution in [3.8, 4) is 5.75 Å². The number of hydrogen-bond acceptors (Lipinski definition) is 6. The number of carbonyl (C=O) groups excluding carboxylic acids is 1. The largest absolute Gasteiger partial charge is 0.417 e. The molecule has 1 fully saturated rings. The lowest BCUT2D eigenvalue weighted by Gasteiger charge is -2.33. The summed E-state index contributed by atoms with van der Waals surface area (Å²) in [5.41, 5.74) is 0.667. The summed E-state index contributed by atoms with van der Waals surface area (Å²) in [6.07, 6.45) is -5.32. The van der Waals surface area contributed by atoms with E-state index >= 15 is 0 Å². The molecule has 0 aromatic heterocycles. The van der Waals surface area contributed by atoms with Crippen LogP contribution in [-0.4, -0.2) is 57.5 Å². The van der Waals surface area contributed by atoms with Crippen LogP contribution in [0.15, 0.2) is 18.2 Å². The summed E-state index contributed by atoms with van der Waals surface area (Å²) in [4.78, 5) is 13.2. The molecule has 0 unspecified atom stereocenters. The highest BCUT2D eigenvalue weighted by Crippen LogP contribution is 2.33. The normalized spacial score (nSPS) is 32.0. The van der Waals surface area contributed by atoms with Gasteiger partial charge in [-0.2, -0.15) is 0 Å². The fourth-order valence-electron chi connectivity index (χ4n) is 2.50. The highest BCUT2D eigenvalue weighted by atomic mass is 35.5. The van der Waals surface area contributed by atoms with Crippen LogP contribution in [-0.2, 0) is 11.3 Å². The number of benzene rings is 1. The zero-order chi connectivity index (χ0) is 15.1. The summed E-state index contributed by atoms with van der Waals surface area (Å²) in [6, 6.07) is 4.84. The van der Waals surface area contributed by atoms with E-state index in [2.05, 4.69) is 0 Å². The van der Waals surface area contributed by atoms with E-state index in [0.717, 1.165) is 4.90 Å². The van der Waals surface area contributed by atoms with Crippen molar-refractivity contribution in [3.63, 3.8) is 0 Å². The SMILES string of the molecule is O=C1Oc2ccc(Cl)cc2CN1[C@@H]1O[C@H](CO)[C@@H](O)[C@H]1O. The number of nitrogens with zero attached hydrogens (tertiary/aromatic N) is 1. The number of rotatable bonds is 2. The maximum Gasteiger partial charge on any atom is 0.417 e. The lowest BCUT2D eigenvalue weighted by atomic mass is 10.1. The molecule has 0 bridgehead atoms. The van der Waals surface area contributed by atoms with Crippen LogP contribution in [0.3, 0.4) is 0 Å². The Morgan fingerprint density at radius 2 is 2.10 bits per heavy atom. The van der Waals surface area contributed by atoms with Crippen molar-refractivity contribution < 1.29 is 29.6 Å². The van der Waals surface area contributed by atoms with Gasteiger partial charge in [-0.05, 0) is 18.2 Å². The molecule has 1 amide bonds. The molecule has 8 heteroatoms. The Bertz CT molecular complexity index is 568. The van der Waals surface area contributed by atoms with Gasteiger partial charge in [-0.25, -0.2) is 4.79 Å². The minimum absolute atomic E-state index is 0.126. The van der Waals surface area contributed by atoms with Crippen molar-refractivity contribution in [3.05, 3.63) is 28.8 Å². The number of ether oxygens (including phenoxy) is 2. The number of carbonyl (C=O) groups is 1. The Kier molecular flexibility index (Phi) is 3.76. The highest BCUT2D eigenvalue weighted by Gasteiger charge is 2.48. The third-order valence-corrected chi connectivity index (χ3v) is 3.85. The minimum atomic E-state index is -1.32. The van der Waals surface area contributed by atoms with E-state index in [1.54, 1.807) is 18.2 Å². The van der Waals surface area contributed by atoms with Gasteiger partial charge in [0, 0.05) is 10.6 Å². The van der Waals surface area contributed by atoms with E-state index in [9.17, 15) is 15.0 Å². The van der Waals surface area contributed by atoms with Crippen molar-refractivity contribution in [1.82, 2.24) is 4.90 Å². The maximum absolute atomic E-state index is 12.0. The first-order valence-electron chi connectivity index (χ1n) is 6.40. The predicted octanol–water partition coefficient (Wildman–Crippen LogP) is 0.0934. The van der Waals surface area contributed by atoms with Gasteiger partial charge in [0.2, 0.25) is 0 Å². The predicted molar refractivity (Wildman–Crippen MR) is 70.8 cm³/mol. The molecular weight excluding hydrogens is 302 g/mol. The van der Waals surface area contributed by atoms with Crippen molar-refractivity contribution in [2.45, 2.75) is 31.1 Å². The zero-order valence-corrected chi connectivity index (χ0v) is 11.6. The van der Waals surface area contributed by atoms with Gasteiger partial charge in [0.1, 0.15) is 24.1 Å². The van der Waals surface area contributed by atoms with Crippen molar-refractivity contribution in [1.29, 1.82) is 0 Å². The Morgan fingerprint density at radius 1 is 1.33 bits per heavy atom. The summed E-state index contributed by atoms with van der Waals surface area (Å²) in [6.45, 7) is -0.332. The van der Waals surface area contributed by atoms with Gasteiger partial charge < -0.3 is 24.8 Å². The fraction of sp³-hybridized carbons (Fsp3) is 0.462. The van der Waals surface area contributed by atoms with Crippen LogP contribution in [0.25, 0.3) is 0 Å². The van der Waals surface area contributed by atoms with Gasteiger partial charge in [0.15, 0.2) is 6.23 Å². The van der Waals surface area contributed by atoms with E-state index in [4.69, 9.17) is 26.2 Å². The molecule has 21 heavy (non-hydrogen) atoms.